The number of thiophene rings is 1. The molecule has 0 aliphatic heterocycles. The van der Waals surface area contributed by atoms with Crippen LogP contribution in [-0.4, -0.2) is 9.55 Å². The number of imidazole rings is 1. The van der Waals surface area contributed by atoms with Crippen LogP contribution < -0.4 is 0 Å². The van der Waals surface area contributed by atoms with Gasteiger partial charge in [0.05, 0.1) is 11.0 Å². The smallest absolute Gasteiger partial charge is 0.178 e. The molecule has 5 heteroatoms. The maximum absolute atomic E-state index is 5.49. The predicted molar refractivity (Wildman–Crippen MR) is 92.3 cm³/mol. The van der Waals surface area contributed by atoms with Gasteiger partial charge >= 0.3 is 0 Å². The second kappa shape index (κ2) is 5.47. The van der Waals surface area contributed by atoms with Crippen molar-refractivity contribution in [1.82, 2.24) is 9.55 Å². The lowest BCUT2D eigenvalue weighted by Gasteiger charge is -2.13. The number of aromatic nitrogens is 2. The number of aromatic amines is 1. The van der Waals surface area contributed by atoms with E-state index in [0.29, 0.717) is 6.04 Å². The van der Waals surface area contributed by atoms with E-state index in [1.807, 2.05) is 17.4 Å². The molecule has 3 rings (SSSR count). The van der Waals surface area contributed by atoms with Gasteiger partial charge in [0.1, 0.15) is 0 Å². The molecule has 1 atom stereocenters. The summed E-state index contributed by atoms with van der Waals surface area (Å²) in [6.07, 6.45) is 1.01. The minimum atomic E-state index is 0.337. The van der Waals surface area contributed by atoms with Gasteiger partial charge in [0.2, 0.25) is 0 Å². The third-order valence-corrected chi connectivity index (χ3v) is 5.23. The summed E-state index contributed by atoms with van der Waals surface area (Å²) in [5, 5.41) is 0. The largest absolute Gasteiger partial charge is 0.331 e. The first kappa shape index (κ1) is 14.0. The van der Waals surface area contributed by atoms with E-state index >= 15 is 0 Å². The van der Waals surface area contributed by atoms with Crippen LogP contribution in [0, 0.1) is 11.7 Å². The van der Waals surface area contributed by atoms with Crippen molar-refractivity contribution >= 4 is 50.5 Å². The average Bonchev–Trinajstić information content (AvgIpc) is 2.91. The van der Waals surface area contributed by atoms with E-state index in [4.69, 9.17) is 12.2 Å². The number of aryl methyl sites for hydroxylation is 1. The molecule has 1 unspecified atom stereocenters. The Morgan fingerprint density at radius 2 is 2.15 bits per heavy atom. The van der Waals surface area contributed by atoms with Gasteiger partial charge in [0.25, 0.3) is 0 Å². The molecule has 0 aliphatic rings. The summed E-state index contributed by atoms with van der Waals surface area (Å²) < 4.78 is 4.08. The first-order chi connectivity index (χ1) is 9.54. The van der Waals surface area contributed by atoms with Crippen molar-refractivity contribution in [2.24, 2.45) is 0 Å². The van der Waals surface area contributed by atoms with Crippen LogP contribution in [-0.2, 0) is 6.42 Å². The molecule has 0 aliphatic carbocycles. The SMILES string of the molecule is Cc1ccc(CC(C)n2c(=S)[nH]c3ccc(Br)cc32)s1. The van der Waals surface area contributed by atoms with Crippen LogP contribution in [0.15, 0.2) is 34.8 Å². The van der Waals surface area contributed by atoms with E-state index in [9.17, 15) is 0 Å². The number of rotatable bonds is 3. The molecule has 104 valence electrons. The van der Waals surface area contributed by atoms with Gasteiger partial charge in [-0.15, -0.1) is 11.3 Å². The Morgan fingerprint density at radius 1 is 1.35 bits per heavy atom. The molecule has 0 amide bonds. The number of halogens is 1. The zero-order valence-corrected chi connectivity index (χ0v) is 14.5. The van der Waals surface area contributed by atoms with Crippen molar-refractivity contribution in [1.29, 1.82) is 0 Å². The minimum Gasteiger partial charge on any atom is -0.331 e. The number of hydrogen-bond donors (Lipinski definition) is 1. The normalized spacial score (nSPS) is 12.9. The summed E-state index contributed by atoms with van der Waals surface area (Å²) in [6.45, 7) is 4.37. The molecule has 0 saturated carbocycles. The monoisotopic (exact) mass is 366 g/mol. The van der Waals surface area contributed by atoms with Gasteiger partial charge in [-0.25, -0.2) is 0 Å². The molecule has 2 nitrogen and oxygen atoms in total. The van der Waals surface area contributed by atoms with Crippen LogP contribution in [0.5, 0.6) is 0 Å². The van der Waals surface area contributed by atoms with Crippen LogP contribution in [0.1, 0.15) is 22.7 Å². The highest BCUT2D eigenvalue weighted by atomic mass is 79.9. The zero-order chi connectivity index (χ0) is 14.3. The van der Waals surface area contributed by atoms with Crippen molar-refractivity contribution in [2.45, 2.75) is 26.3 Å². The summed E-state index contributed by atoms with van der Waals surface area (Å²) in [7, 11) is 0. The molecule has 1 N–H and O–H groups in total. The molecule has 0 radical (unpaired) electrons. The van der Waals surface area contributed by atoms with E-state index in [0.717, 1.165) is 26.7 Å². The van der Waals surface area contributed by atoms with Gasteiger partial charge in [0, 0.05) is 26.7 Å². The third-order valence-electron chi connectivity index (χ3n) is 3.41. The number of nitrogens with zero attached hydrogens (tertiary/aromatic N) is 1. The van der Waals surface area contributed by atoms with E-state index in [1.165, 1.54) is 9.75 Å². The Morgan fingerprint density at radius 3 is 2.85 bits per heavy atom. The van der Waals surface area contributed by atoms with Crippen molar-refractivity contribution in [3.63, 3.8) is 0 Å². The molecule has 1 aromatic carbocycles. The van der Waals surface area contributed by atoms with E-state index in [-0.39, 0.29) is 0 Å². The van der Waals surface area contributed by atoms with E-state index < -0.39 is 0 Å². The standard InChI is InChI=1S/C15H15BrN2S2/c1-9(7-12-5-3-10(2)20-12)18-14-8-11(16)4-6-13(14)17-15(18)19/h3-6,8-9H,7H2,1-2H3,(H,17,19). The first-order valence-corrected chi connectivity index (χ1v) is 8.51. The van der Waals surface area contributed by atoms with Crippen LogP contribution in [0.2, 0.25) is 0 Å². The highest BCUT2D eigenvalue weighted by Gasteiger charge is 2.13. The quantitative estimate of drug-likeness (QED) is 0.595. The second-order valence-corrected chi connectivity index (χ2v) is 7.70. The van der Waals surface area contributed by atoms with Crippen LogP contribution in [0.3, 0.4) is 0 Å². The average molecular weight is 367 g/mol. The Bertz CT molecular complexity index is 813. The Balaban J connectivity index is 2.02. The summed E-state index contributed by atoms with van der Waals surface area (Å²) in [5.41, 5.74) is 2.25. The number of nitrogens with one attached hydrogen (secondary N) is 1. The Hall–Kier alpha value is -0.910. The Labute approximate surface area is 135 Å². The van der Waals surface area contributed by atoms with Gasteiger partial charge in [-0.3, -0.25) is 0 Å². The lowest BCUT2D eigenvalue weighted by molar-refractivity contribution is 0.557. The molecule has 0 saturated heterocycles. The molecule has 20 heavy (non-hydrogen) atoms. The lowest BCUT2D eigenvalue weighted by atomic mass is 10.2. The summed E-state index contributed by atoms with van der Waals surface area (Å²) in [4.78, 5) is 6.05. The molecule has 0 bridgehead atoms. The fraction of sp³-hybridized carbons (Fsp3) is 0.267. The zero-order valence-electron chi connectivity index (χ0n) is 11.3. The van der Waals surface area contributed by atoms with Crippen molar-refractivity contribution < 1.29 is 0 Å². The van der Waals surface area contributed by atoms with Crippen LogP contribution in [0.4, 0.5) is 0 Å². The highest BCUT2D eigenvalue weighted by Crippen LogP contribution is 2.26. The van der Waals surface area contributed by atoms with E-state index in [2.05, 4.69) is 63.6 Å². The molecule has 0 fully saturated rings. The minimum absolute atomic E-state index is 0.337. The van der Waals surface area contributed by atoms with Crippen LogP contribution in [0.25, 0.3) is 11.0 Å². The van der Waals surface area contributed by atoms with E-state index in [1.54, 1.807) is 0 Å². The van der Waals surface area contributed by atoms with Gasteiger partial charge in [0.15, 0.2) is 4.77 Å². The maximum atomic E-state index is 5.49. The summed E-state index contributed by atoms with van der Waals surface area (Å²) in [5.74, 6) is 0. The van der Waals surface area contributed by atoms with Crippen molar-refractivity contribution in [3.05, 3.63) is 49.3 Å². The third kappa shape index (κ3) is 2.62. The molecular weight excluding hydrogens is 352 g/mol. The van der Waals surface area contributed by atoms with Gasteiger partial charge in [-0.2, -0.15) is 0 Å². The topological polar surface area (TPSA) is 20.7 Å². The predicted octanol–water partition coefficient (Wildman–Crippen LogP) is 5.64. The van der Waals surface area contributed by atoms with Crippen LogP contribution >= 0.6 is 39.5 Å². The highest BCUT2D eigenvalue weighted by molar-refractivity contribution is 9.10. The van der Waals surface area contributed by atoms with Gasteiger partial charge in [-0.1, -0.05) is 15.9 Å². The Kier molecular flexibility index (Phi) is 3.84. The fourth-order valence-corrected chi connectivity index (χ4v) is 4.26. The van der Waals surface area contributed by atoms with Gasteiger partial charge in [-0.05, 0) is 56.4 Å². The number of H-pyrrole nitrogens is 1. The lowest BCUT2D eigenvalue weighted by Crippen LogP contribution is -2.07. The number of fused-ring (bicyclic) bond motifs is 1. The second-order valence-electron chi connectivity index (χ2n) is 5.03. The molecular formula is C15H15BrN2S2. The maximum Gasteiger partial charge on any atom is 0.178 e. The fourth-order valence-electron chi connectivity index (χ4n) is 2.51. The molecule has 2 aromatic heterocycles. The first-order valence-electron chi connectivity index (χ1n) is 6.49. The van der Waals surface area contributed by atoms with Gasteiger partial charge < -0.3 is 9.55 Å². The number of hydrogen-bond acceptors (Lipinski definition) is 2. The molecule has 0 spiro atoms. The van der Waals surface area contributed by atoms with Crippen molar-refractivity contribution in [2.75, 3.05) is 0 Å². The van der Waals surface area contributed by atoms with Crippen molar-refractivity contribution in [3.8, 4) is 0 Å². The molecule has 2 heterocycles. The summed E-state index contributed by atoms with van der Waals surface area (Å²) >= 11 is 10.9. The number of benzene rings is 1. The summed E-state index contributed by atoms with van der Waals surface area (Å²) in [6, 6.07) is 10.9. The molecule has 3 aromatic rings.